The SMILES string of the molecule is CC1(C)c2ccccc2NC1(C)c1ccccc1. The van der Waals surface area contributed by atoms with Crippen molar-refractivity contribution in [2.75, 3.05) is 5.32 Å². The van der Waals surface area contributed by atoms with E-state index in [1.54, 1.807) is 0 Å². The van der Waals surface area contributed by atoms with Crippen LogP contribution in [-0.4, -0.2) is 0 Å². The van der Waals surface area contributed by atoms with Crippen LogP contribution >= 0.6 is 0 Å². The molecule has 2 aromatic rings. The number of benzene rings is 2. The molecular weight excluding hydrogens is 218 g/mol. The summed E-state index contributed by atoms with van der Waals surface area (Å²) in [6.45, 7) is 6.93. The van der Waals surface area contributed by atoms with Gasteiger partial charge in [-0.2, -0.15) is 0 Å². The van der Waals surface area contributed by atoms with Crippen molar-refractivity contribution in [2.24, 2.45) is 0 Å². The van der Waals surface area contributed by atoms with Gasteiger partial charge in [0.25, 0.3) is 0 Å². The highest BCUT2D eigenvalue weighted by molar-refractivity contribution is 5.65. The number of hydrogen-bond acceptors (Lipinski definition) is 1. The van der Waals surface area contributed by atoms with Crippen LogP contribution in [0.5, 0.6) is 0 Å². The molecule has 1 atom stereocenters. The van der Waals surface area contributed by atoms with Crippen molar-refractivity contribution < 1.29 is 0 Å². The van der Waals surface area contributed by atoms with Gasteiger partial charge in [0.05, 0.1) is 5.54 Å². The Kier molecular flexibility index (Phi) is 2.28. The fourth-order valence-corrected chi connectivity index (χ4v) is 3.04. The Morgan fingerprint density at radius 1 is 0.778 bits per heavy atom. The lowest BCUT2D eigenvalue weighted by molar-refractivity contribution is 0.339. The molecule has 1 heterocycles. The monoisotopic (exact) mass is 237 g/mol. The van der Waals surface area contributed by atoms with Gasteiger partial charge in [-0.1, -0.05) is 62.4 Å². The molecule has 18 heavy (non-hydrogen) atoms. The molecule has 0 spiro atoms. The first-order valence-corrected chi connectivity index (χ1v) is 6.49. The zero-order valence-corrected chi connectivity index (χ0v) is 11.2. The predicted molar refractivity (Wildman–Crippen MR) is 76.9 cm³/mol. The average Bonchev–Trinajstić information content (AvgIpc) is 2.60. The van der Waals surface area contributed by atoms with Gasteiger partial charge in [0, 0.05) is 11.1 Å². The zero-order valence-electron chi connectivity index (χ0n) is 11.2. The molecule has 1 N–H and O–H groups in total. The Hall–Kier alpha value is -1.76. The van der Waals surface area contributed by atoms with Crippen molar-refractivity contribution in [3.8, 4) is 0 Å². The summed E-state index contributed by atoms with van der Waals surface area (Å²) in [5, 5.41) is 3.72. The second-order valence-corrected chi connectivity index (χ2v) is 5.79. The lowest BCUT2D eigenvalue weighted by Gasteiger charge is -2.39. The Morgan fingerprint density at radius 2 is 1.39 bits per heavy atom. The van der Waals surface area contributed by atoms with Crippen molar-refractivity contribution in [3.63, 3.8) is 0 Å². The number of para-hydroxylation sites is 1. The molecule has 1 aliphatic heterocycles. The predicted octanol–water partition coefficient (Wildman–Crippen LogP) is 4.31. The van der Waals surface area contributed by atoms with E-state index in [0.717, 1.165) is 0 Å². The van der Waals surface area contributed by atoms with E-state index in [1.807, 2.05) is 0 Å². The number of anilines is 1. The van der Waals surface area contributed by atoms with Crippen LogP contribution in [0.3, 0.4) is 0 Å². The first-order valence-electron chi connectivity index (χ1n) is 6.49. The minimum atomic E-state index is -0.0576. The van der Waals surface area contributed by atoms with Gasteiger partial charge in [0.1, 0.15) is 0 Å². The van der Waals surface area contributed by atoms with Gasteiger partial charge < -0.3 is 5.32 Å². The topological polar surface area (TPSA) is 12.0 Å². The highest BCUT2D eigenvalue weighted by Crippen LogP contribution is 2.52. The van der Waals surface area contributed by atoms with Crippen molar-refractivity contribution in [1.29, 1.82) is 0 Å². The van der Waals surface area contributed by atoms with Gasteiger partial charge in [0.2, 0.25) is 0 Å². The van der Waals surface area contributed by atoms with E-state index in [1.165, 1.54) is 16.8 Å². The molecular formula is C17H19N. The maximum absolute atomic E-state index is 3.72. The van der Waals surface area contributed by atoms with Crippen molar-refractivity contribution in [2.45, 2.75) is 31.7 Å². The summed E-state index contributed by atoms with van der Waals surface area (Å²) in [4.78, 5) is 0. The smallest absolute Gasteiger partial charge is 0.0689 e. The quantitative estimate of drug-likeness (QED) is 0.779. The molecule has 2 aromatic carbocycles. The second kappa shape index (κ2) is 3.61. The van der Waals surface area contributed by atoms with Crippen LogP contribution in [0.15, 0.2) is 54.6 Å². The summed E-state index contributed by atoms with van der Waals surface area (Å²) in [5.41, 5.74) is 4.01. The fourth-order valence-electron chi connectivity index (χ4n) is 3.04. The van der Waals surface area contributed by atoms with E-state index >= 15 is 0 Å². The lowest BCUT2D eigenvalue weighted by atomic mass is 9.68. The summed E-state index contributed by atoms with van der Waals surface area (Å²) in [7, 11) is 0. The third-order valence-corrected chi connectivity index (χ3v) is 4.59. The summed E-state index contributed by atoms with van der Waals surface area (Å²) >= 11 is 0. The highest BCUT2D eigenvalue weighted by Gasteiger charge is 2.49. The van der Waals surface area contributed by atoms with Crippen LogP contribution in [-0.2, 0) is 11.0 Å². The molecule has 0 aromatic heterocycles. The molecule has 92 valence electrons. The van der Waals surface area contributed by atoms with E-state index in [2.05, 4.69) is 80.7 Å². The normalized spacial score (nSPS) is 24.4. The first kappa shape index (κ1) is 11.3. The van der Waals surface area contributed by atoms with Gasteiger partial charge in [-0.3, -0.25) is 0 Å². The van der Waals surface area contributed by atoms with E-state index in [9.17, 15) is 0 Å². The zero-order chi connectivity index (χ0) is 12.8. The standard InChI is InChI=1S/C17H19N/c1-16(2)14-11-7-8-12-15(14)18-17(16,3)13-9-5-4-6-10-13/h4-12,18H,1-3H3. The molecule has 1 unspecified atom stereocenters. The van der Waals surface area contributed by atoms with Gasteiger partial charge in [-0.15, -0.1) is 0 Å². The van der Waals surface area contributed by atoms with E-state index in [4.69, 9.17) is 0 Å². The summed E-state index contributed by atoms with van der Waals surface area (Å²) in [5.74, 6) is 0. The van der Waals surface area contributed by atoms with E-state index in [0.29, 0.717) is 0 Å². The van der Waals surface area contributed by atoms with Crippen molar-refractivity contribution in [1.82, 2.24) is 0 Å². The molecule has 1 nitrogen and oxygen atoms in total. The minimum absolute atomic E-state index is 0.0576. The second-order valence-electron chi connectivity index (χ2n) is 5.79. The van der Waals surface area contributed by atoms with Gasteiger partial charge in [0.15, 0.2) is 0 Å². The fraction of sp³-hybridized carbons (Fsp3) is 0.294. The van der Waals surface area contributed by atoms with Gasteiger partial charge in [-0.25, -0.2) is 0 Å². The average molecular weight is 237 g/mol. The molecule has 1 heteroatoms. The first-order chi connectivity index (χ1) is 8.56. The molecule has 0 aliphatic carbocycles. The number of fused-ring (bicyclic) bond motifs is 1. The largest absolute Gasteiger partial charge is 0.375 e. The third-order valence-electron chi connectivity index (χ3n) is 4.59. The molecule has 0 bridgehead atoms. The molecule has 0 fully saturated rings. The molecule has 3 rings (SSSR count). The maximum atomic E-state index is 3.72. The summed E-state index contributed by atoms with van der Waals surface area (Å²) in [6.07, 6.45) is 0. The lowest BCUT2D eigenvalue weighted by Crippen LogP contribution is -2.43. The minimum Gasteiger partial charge on any atom is -0.375 e. The Balaban J connectivity index is 2.18. The van der Waals surface area contributed by atoms with Crippen LogP contribution in [0.2, 0.25) is 0 Å². The Labute approximate surface area is 109 Å². The molecule has 0 saturated heterocycles. The molecule has 0 saturated carbocycles. The van der Waals surface area contributed by atoms with Crippen molar-refractivity contribution in [3.05, 3.63) is 65.7 Å². The molecule has 0 radical (unpaired) electrons. The summed E-state index contributed by atoms with van der Waals surface area (Å²) in [6, 6.07) is 19.3. The Morgan fingerprint density at radius 3 is 2.06 bits per heavy atom. The summed E-state index contributed by atoms with van der Waals surface area (Å²) < 4.78 is 0. The number of nitrogens with one attached hydrogen (secondary N) is 1. The van der Waals surface area contributed by atoms with E-state index in [-0.39, 0.29) is 11.0 Å². The Bertz CT molecular complexity index is 571. The van der Waals surface area contributed by atoms with E-state index < -0.39 is 0 Å². The van der Waals surface area contributed by atoms with Crippen LogP contribution in [0.25, 0.3) is 0 Å². The number of hydrogen-bond donors (Lipinski definition) is 1. The van der Waals surface area contributed by atoms with Crippen LogP contribution in [0.1, 0.15) is 31.9 Å². The van der Waals surface area contributed by atoms with Crippen molar-refractivity contribution >= 4 is 5.69 Å². The third kappa shape index (κ3) is 1.34. The molecule has 1 aliphatic rings. The van der Waals surface area contributed by atoms with Gasteiger partial charge >= 0.3 is 0 Å². The van der Waals surface area contributed by atoms with Crippen LogP contribution in [0, 0.1) is 0 Å². The van der Waals surface area contributed by atoms with Crippen LogP contribution < -0.4 is 5.32 Å². The molecule has 0 amide bonds. The van der Waals surface area contributed by atoms with Gasteiger partial charge in [-0.05, 0) is 24.1 Å². The maximum Gasteiger partial charge on any atom is 0.0689 e. The number of rotatable bonds is 1. The van der Waals surface area contributed by atoms with Crippen LogP contribution in [0.4, 0.5) is 5.69 Å². The highest BCUT2D eigenvalue weighted by atomic mass is 15.0.